The van der Waals surface area contributed by atoms with Crippen LogP contribution in [0.25, 0.3) is 0 Å². The lowest BCUT2D eigenvalue weighted by atomic mass is 9.76. The lowest BCUT2D eigenvalue weighted by molar-refractivity contribution is -0.140. The van der Waals surface area contributed by atoms with E-state index in [9.17, 15) is 14.7 Å². The van der Waals surface area contributed by atoms with Crippen molar-refractivity contribution in [1.29, 1.82) is 0 Å². The number of halogens is 1. The van der Waals surface area contributed by atoms with Gasteiger partial charge in [0.2, 0.25) is 0 Å². The van der Waals surface area contributed by atoms with Crippen molar-refractivity contribution in [3.63, 3.8) is 0 Å². The largest absolute Gasteiger partial charge is 0.480 e. The molecule has 1 saturated carbocycles. The number of carbonyl (C=O) groups excluding carboxylic acids is 1. The predicted molar refractivity (Wildman–Crippen MR) is 138 cm³/mol. The van der Waals surface area contributed by atoms with E-state index in [1.165, 1.54) is 17.5 Å². The van der Waals surface area contributed by atoms with Crippen LogP contribution < -0.4 is 5.32 Å². The Morgan fingerprint density at radius 3 is 2.51 bits per heavy atom. The van der Waals surface area contributed by atoms with Gasteiger partial charge in [-0.15, -0.1) is 0 Å². The summed E-state index contributed by atoms with van der Waals surface area (Å²) in [4.78, 5) is 25.1. The number of aryl methyl sites for hydroxylation is 2. The monoisotopic (exact) mass is 497 g/mol. The van der Waals surface area contributed by atoms with Gasteiger partial charge in [-0.1, -0.05) is 87.9 Å². The van der Waals surface area contributed by atoms with Gasteiger partial charge in [0, 0.05) is 10.4 Å². The first-order chi connectivity index (χ1) is 16.7. The van der Waals surface area contributed by atoms with Gasteiger partial charge in [-0.3, -0.25) is 0 Å². The Balaban J connectivity index is 1.58. The summed E-state index contributed by atoms with van der Waals surface area (Å²) < 4.78 is 6.07. The maximum atomic E-state index is 13.1. The minimum Gasteiger partial charge on any atom is -0.480 e. The van der Waals surface area contributed by atoms with Crippen molar-refractivity contribution in [2.24, 2.45) is 5.92 Å². The van der Waals surface area contributed by atoms with Gasteiger partial charge in [0.05, 0.1) is 0 Å². The molecule has 0 spiro atoms. The number of hydrogen-bond acceptors (Lipinski definition) is 3. The number of alkyl carbamates (subject to hydrolysis) is 1. The highest BCUT2D eigenvalue weighted by Gasteiger charge is 2.37. The average molecular weight is 498 g/mol. The number of carboxylic acid groups (broad SMARTS) is 1. The number of amides is 1. The molecule has 0 radical (unpaired) electrons. The molecule has 2 aromatic carbocycles. The molecule has 0 saturated heterocycles. The van der Waals surface area contributed by atoms with Crippen molar-refractivity contribution in [2.75, 3.05) is 0 Å². The topological polar surface area (TPSA) is 75.6 Å². The van der Waals surface area contributed by atoms with Crippen molar-refractivity contribution >= 4 is 23.7 Å². The molecular formula is C29H36ClNO4. The van der Waals surface area contributed by atoms with Crippen LogP contribution in [0.1, 0.15) is 87.2 Å². The Morgan fingerprint density at radius 1 is 1.06 bits per heavy atom. The lowest BCUT2D eigenvalue weighted by Gasteiger charge is -2.35. The number of aliphatic carboxylic acids is 1. The van der Waals surface area contributed by atoms with Crippen LogP contribution in [0.15, 0.2) is 42.5 Å². The molecule has 0 aromatic heterocycles. The Labute approximate surface area is 213 Å². The van der Waals surface area contributed by atoms with E-state index in [0.717, 1.165) is 56.1 Å². The molecule has 2 aliphatic rings. The zero-order valence-electron chi connectivity index (χ0n) is 20.7. The number of ether oxygens (including phenoxy) is 1. The first-order valence-corrected chi connectivity index (χ1v) is 13.2. The van der Waals surface area contributed by atoms with Crippen molar-refractivity contribution in [2.45, 2.75) is 89.2 Å². The van der Waals surface area contributed by atoms with Crippen molar-refractivity contribution in [1.82, 2.24) is 5.32 Å². The molecule has 6 heteroatoms. The summed E-state index contributed by atoms with van der Waals surface area (Å²) in [7, 11) is 0. The molecule has 1 unspecified atom stereocenters. The first kappa shape index (κ1) is 25.6. The number of hydrogen-bond donors (Lipinski definition) is 2. The molecule has 35 heavy (non-hydrogen) atoms. The Kier molecular flexibility index (Phi) is 8.05. The highest BCUT2D eigenvalue weighted by atomic mass is 35.5. The van der Waals surface area contributed by atoms with E-state index in [-0.39, 0.29) is 0 Å². The summed E-state index contributed by atoms with van der Waals surface area (Å²) in [6.07, 6.45) is 7.80. The molecule has 2 aromatic rings. The molecule has 2 N–H and O–H groups in total. The fourth-order valence-electron chi connectivity index (χ4n) is 5.69. The van der Waals surface area contributed by atoms with Gasteiger partial charge in [-0.2, -0.15) is 0 Å². The smallest absolute Gasteiger partial charge is 0.408 e. The van der Waals surface area contributed by atoms with E-state index in [0.29, 0.717) is 17.4 Å². The van der Waals surface area contributed by atoms with Crippen LogP contribution in [0.3, 0.4) is 0 Å². The summed E-state index contributed by atoms with van der Waals surface area (Å²) in [5.41, 5.74) is 3.89. The van der Waals surface area contributed by atoms with Crippen LogP contribution in [-0.2, 0) is 27.8 Å². The molecule has 0 bridgehead atoms. The van der Waals surface area contributed by atoms with Gasteiger partial charge in [0.25, 0.3) is 0 Å². The third kappa shape index (κ3) is 6.19. The molecule has 5 nitrogen and oxygen atoms in total. The van der Waals surface area contributed by atoms with E-state index < -0.39 is 29.6 Å². The zero-order valence-corrected chi connectivity index (χ0v) is 21.4. The minimum atomic E-state index is -1.02. The number of nitrogens with one attached hydrogen (secondary N) is 1. The molecular weight excluding hydrogens is 462 g/mol. The molecule has 188 valence electrons. The highest BCUT2D eigenvalue weighted by molar-refractivity contribution is 6.30. The Morgan fingerprint density at radius 2 is 1.80 bits per heavy atom. The molecule has 0 aliphatic heterocycles. The summed E-state index contributed by atoms with van der Waals surface area (Å²) in [6, 6.07) is 12.9. The molecule has 4 rings (SSSR count). The predicted octanol–water partition coefficient (Wildman–Crippen LogP) is 7.00. The van der Waals surface area contributed by atoms with Gasteiger partial charge in [0.1, 0.15) is 12.1 Å². The van der Waals surface area contributed by atoms with Crippen molar-refractivity contribution in [3.8, 4) is 0 Å². The lowest BCUT2D eigenvalue weighted by Crippen LogP contribution is -2.44. The number of carboxylic acids is 1. The second kappa shape index (κ2) is 11.0. The maximum absolute atomic E-state index is 13.1. The molecule has 2 aliphatic carbocycles. The minimum absolute atomic E-state index is 0.320. The van der Waals surface area contributed by atoms with Crippen LogP contribution in [0, 0.1) is 5.92 Å². The number of fused-ring (bicyclic) bond motifs is 1. The van der Waals surface area contributed by atoms with Crippen LogP contribution in [-0.4, -0.2) is 23.2 Å². The number of carbonyl (C=O) groups is 2. The Bertz CT molecular complexity index is 1060. The normalized spacial score (nSPS) is 17.9. The second-order valence-corrected chi connectivity index (χ2v) is 11.1. The van der Waals surface area contributed by atoms with E-state index in [1.807, 2.05) is 44.2 Å². The second-order valence-electron chi connectivity index (χ2n) is 10.7. The van der Waals surface area contributed by atoms with Crippen molar-refractivity contribution in [3.05, 3.63) is 69.7 Å². The van der Waals surface area contributed by atoms with Gasteiger partial charge in [-0.25, -0.2) is 9.59 Å². The van der Waals surface area contributed by atoms with E-state index in [2.05, 4.69) is 17.4 Å². The van der Waals surface area contributed by atoms with Crippen molar-refractivity contribution < 1.29 is 19.4 Å². The molecule has 1 amide bonds. The van der Waals surface area contributed by atoms with Gasteiger partial charge < -0.3 is 15.2 Å². The number of rotatable bonds is 8. The summed E-state index contributed by atoms with van der Waals surface area (Å²) >= 11 is 6.29. The fraction of sp³-hybridized carbons (Fsp3) is 0.517. The van der Waals surface area contributed by atoms with Crippen LogP contribution in [0.5, 0.6) is 0 Å². The number of benzene rings is 2. The summed E-state index contributed by atoms with van der Waals surface area (Å²) in [5.74, 6) is -0.698. The molecule has 2 atom stereocenters. The molecule has 0 heterocycles. The summed E-state index contributed by atoms with van der Waals surface area (Å²) in [5, 5.41) is 13.1. The van der Waals surface area contributed by atoms with Crippen LogP contribution >= 0.6 is 11.6 Å². The van der Waals surface area contributed by atoms with E-state index in [1.54, 1.807) is 0 Å². The first-order valence-electron chi connectivity index (χ1n) is 12.8. The summed E-state index contributed by atoms with van der Waals surface area (Å²) in [6.45, 7) is 4.06. The van der Waals surface area contributed by atoms with Gasteiger partial charge >= 0.3 is 12.1 Å². The average Bonchev–Trinajstić information content (AvgIpc) is 3.30. The fourth-order valence-corrected chi connectivity index (χ4v) is 5.88. The van der Waals surface area contributed by atoms with Gasteiger partial charge in [0.15, 0.2) is 0 Å². The highest BCUT2D eigenvalue weighted by Crippen LogP contribution is 2.41. The van der Waals surface area contributed by atoms with Crippen LogP contribution in [0.4, 0.5) is 4.79 Å². The molecule has 1 fully saturated rings. The zero-order chi connectivity index (χ0) is 25.0. The van der Waals surface area contributed by atoms with Crippen LogP contribution in [0.2, 0.25) is 5.02 Å². The SMILES string of the molecule is CC(C)(c1cccc(Cl)c1)C(OC(=O)N[C@@H](CC1CCCCC1)C(=O)O)c1ccc2c(c1)CCC2. The van der Waals surface area contributed by atoms with E-state index in [4.69, 9.17) is 16.3 Å². The maximum Gasteiger partial charge on any atom is 0.408 e. The quantitative estimate of drug-likeness (QED) is 0.411. The van der Waals surface area contributed by atoms with E-state index >= 15 is 0 Å². The third-order valence-corrected chi connectivity index (χ3v) is 7.99. The Hall–Kier alpha value is -2.53. The standard InChI is InChI=1S/C29H36ClNO4/c1-29(2,23-12-7-13-24(30)18-23)26(22-15-14-20-10-6-11-21(20)17-22)35-28(34)31-25(27(32)33)16-19-8-4-3-5-9-19/h7,12-15,17-19,25-26H,3-6,8-11,16H2,1-2H3,(H,31,34)(H,32,33)/t25-,26?/m0/s1. The third-order valence-electron chi connectivity index (χ3n) is 7.76. The van der Waals surface area contributed by atoms with Gasteiger partial charge in [-0.05, 0) is 66.0 Å².